The standard InChI is InChI=1S/C17H21BrN4O2/c1-17(2,3)24-16(23)21-11-10-20-15-19-9-8-14(22-15)12-4-6-13(18)7-5-12/h4-9H,10-11H2,1-3H3,(H,21,23)(H,19,20,22). The third-order valence-corrected chi connectivity index (χ3v) is 3.40. The molecule has 0 aliphatic carbocycles. The molecular weight excluding hydrogens is 372 g/mol. The number of carbonyl (C=O) groups is 1. The average molecular weight is 393 g/mol. The fourth-order valence-corrected chi connectivity index (χ4v) is 2.14. The Kier molecular flexibility index (Phi) is 6.14. The van der Waals surface area contributed by atoms with E-state index in [0.29, 0.717) is 19.0 Å². The van der Waals surface area contributed by atoms with Crippen molar-refractivity contribution in [2.45, 2.75) is 26.4 Å². The molecule has 2 aromatic rings. The number of hydrogen-bond donors (Lipinski definition) is 2. The van der Waals surface area contributed by atoms with E-state index in [1.165, 1.54) is 0 Å². The maximum Gasteiger partial charge on any atom is 0.407 e. The summed E-state index contributed by atoms with van der Waals surface area (Å²) < 4.78 is 6.18. The smallest absolute Gasteiger partial charge is 0.407 e. The van der Waals surface area contributed by atoms with Gasteiger partial charge in [-0.05, 0) is 39.0 Å². The summed E-state index contributed by atoms with van der Waals surface area (Å²) in [6.45, 7) is 6.40. The molecular formula is C17H21BrN4O2. The fourth-order valence-electron chi connectivity index (χ4n) is 1.88. The van der Waals surface area contributed by atoms with Crippen LogP contribution in [0.1, 0.15) is 20.8 Å². The van der Waals surface area contributed by atoms with Crippen LogP contribution >= 0.6 is 15.9 Å². The van der Waals surface area contributed by atoms with Gasteiger partial charge in [0.2, 0.25) is 5.95 Å². The van der Waals surface area contributed by atoms with E-state index in [2.05, 4.69) is 36.5 Å². The van der Waals surface area contributed by atoms with Crippen LogP contribution in [-0.4, -0.2) is 34.8 Å². The lowest BCUT2D eigenvalue weighted by atomic mass is 10.1. The summed E-state index contributed by atoms with van der Waals surface area (Å²) in [7, 11) is 0. The Morgan fingerprint density at radius 2 is 1.88 bits per heavy atom. The van der Waals surface area contributed by atoms with Crippen molar-refractivity contribution in [2.75, 3.05) is 18.4 Å². The van der Waals surface area contributed by atoms with E-state index >= 15 is 0 Å². The number of halogens is 1. The van der Waals surface area contributed by atoms with Gasteiger partial charge in [0.15, 0.2) is 0 Å². The van der Waals surface area contributed by atoms with E-state index in [0.717, 1.165) is 15.7 Å². The molecule has 0 unspecified atom stereocenters. The highest BCUT2D eigenvalue weighted by Gasteiger charge is 2.15. The number of anilines is 1. The van der Waals surface area contributed by atoms with E-state index in [9.17, 15) is 4.79 Å². The molecule has 1 heterocycles. The number of rotatable bonds is 5. The summed E-state index contributed by atoms with van der Waals surface area (Å²) in [5, 5.41) is 5.76. The number of alkyl carbamates (subject to hydrolysis) is 1. The lowest BCUT2D eigenvalue weighted by Crippen LogP contribution is -2.35. The van der Waals surface area contributed by atoms with Crippen molar-refractivity contribution in [2.24, 2.45) is 0 Å². The van der Waals surface area contributed by atoms with Gasteiger partial charge < -0.3 is 15.4 Å². The highest BCUT2D eigenvalue weighted by atomic mass is 79.9. The zero-order valence-electron chi connectivity index (χ0n) is 14.0. The van der Waals surface area contributed by atoms with Crippen LogP contribution in [-0.2, 0) is 4.74 Å². The maximum absolute atomic E-state index is 11.5. The highest BCUT2D eigenvalue weighted by Crippen LogP contribution is 2.20. The van der Waals surface area contributed by atoms with Crippen LogP contribution in [0.5, 0.6) is 0 Å². The molecule has 0 aliphatic rings. The number of amides is 1. The number of carbonyl (C=O) groups excluding carboxylic acids is 1. The number of ether oxygens (including phenoxy) is 1. The van der Waals surface area contributed by atoms with Crippen LogP contribution in [0.3, 0.4) is 0 Å². The second-order valence-electron chi connectivity index (χ2n) is 6.13. The Labute approximate surface area is 150 Å². The Morgan fingerprint density at radius 3 is 2.54 bits per heavy atom. The molecule has 0 saturated carbocycles. The Balaban J connectivity index is 1.84. The van der Waals surface area contributed by atoms with Gasteiger partial charge >= 0.3 is 6.09 Å². The molecule has 0 spiro atoms. The summed E-state index contributed by atoms with van der Waals surface area (Å²) in [5.41, 5.74) is 1.34. The minimum Gasteiger partial charge on any atom is -0.444 e. The van der Waals surface area contributed by atoms with Crippen molar-refractivity contribution < 1.29 is 9.53 Å². The molecule has 24 heavy (non-hydrogen) atoms. The zero-order chi connectivity index (χ0) is 17.6. The molecule has 2 rings (SSSR count). The minimum absolute atomic E-state index is 0.417. The van der Waals surface area contributed by atoms with Gasteiger partial charge in [0.1, 0.15) is 5.60 Å². The Bertz CT molecular complexity index is 684. The molecule has 0 bridgehead atoms. The number of aromatic nitrogens is 2. The molecule has 1 aromatic carbocycles. The van der Waals surface area contributed by atoms with Gasteiger partial charge in [-0.15, -0.1) is 0 Å². The molecule has 0 aliphatic heterocycles. The Hall–Kier alpha value is -2.15. The van der Waals surface area contributed by atoms with Gasteiger partial charge in [0, 0.05) is 29.3 Å². The van der Waals surface area contributed by atoms with Gasteiger partial charge in [0.05, 0.1) is 5.69 Å². The first-order valence-corrected chi connectivity index (χ1v) is 8.42. The number of hydrogen-bond acceptors (Lipinski definition) is 5. The molecule has 1 aromatic heterocycles. The van der Waals surface area contributed by atoms with Gasteiger partial charge in [-0.25, -0.2) is 14.8 Å². The average Bonchev–Trinajstić information content (AvgIpc) is 2.51. The van der Waals surface area contributed by atoms with Crippen molar-refractivity contribution in [3.8, 4) is 11.3 Å². The van der Waals surface area contributed by atoms with E-state index in [1.807, 2.05) is 51.1 Å². The molecule has 2 N–H and O–H groups in total. The predicted molar refractivity (Wildman–Crippen MR) is 97.9 cm³/mol. The summed E-state index contributed by atoms with van der Waals surface area (Å²) in [6, 6.07) is 9.76. The van der Waals surface area contributed by atoms with E-state index < -0.39 is 11.7 Å². The largest absolute Gasteiger partial charge is 0.444 e. The van der Waals surface area contributed by atoms with Crippen molar-refractivity contribution >= 4 is 28.0 Å². The molecule has 0 fully saturated rings. The quantitative estimate of drug-likeness (QED) is 0.755. The second kappa shape index (κ2) is 8.10. The van der Waals surface area contributed by atoms with Crippen LogP contribution in [0, 0.1) is 0 Å². The first-order chi connectivity index (χ1) is 11.3. The predicted octanol–water partition coefficient (Wildman–Crippen LogP) is 3.84. The van der Waals surface area contributed by atoms with Crippen LogP contribution in [0.25, 0.3) is 11.3 Å². The van der Waals surface area contributed by atoms with E-state index in [1.54, 1.807) is 6.20 Å². The van der Waals surface area contributed by atoms with Gasteiger partial charge in [-0.1, -0.05) is 28.1 Å². The second-order valence-corrected chi connectivity index (χ2v) is 7.04. The normalized spacial score (nSPS) is 11.0. The Morgan fingerprint density at radius 1 is 1.17 bits per heavy atom. The lowest BCUT2D eigenvalue weighted by Gasteiger charge is -2.19. The van der Waals surface area contributed by atoms with Crippen LogP contribution in [0.15, 0.2) is 41.0 Å². The SMILES string of the molecule is CC(C)(C)OC(=O)NCCNc1nccc(-c2ccc(Br)cc2)n1. The van der Waals surface area contributed by atoms with Crippen LogP contribution < -0.4 is 10.6 Å². The van der Waals surface area contributed by atoms with Gasteiger partial charge in [-0.2, -0.15) is 0 Å². The zero-order valence-corrected chi connectivity index (χ0v) is 15.6. The molecule has 6 nitrogen and oxygen atoms in total. The molecule has 0 atom stereocenters. The first kappa shape index (κ1) is 18.2. The summed E-state index contributed by atoms with van der Waals surface area (Å²) in [5.74, 6) is 0.515. The van der Waals surface area contributed by atoms with E-state index in [-0.39, 0.29) is 0 Å². The lowest BCUT2D eigenvalue weighted by molar-refractivity contribution is 0.0530. The van der Waals surface area contributed by atoms with Crippen molar-refractivity contribution in [1.29, 1.82) is 0 Å². The van der Waals surface area contributed by atoms with E-state index in [4.69, 9.17) is 4.74 Å². The topological polar surface area (TPSA) is 76.1 Å². The number of nitrogens with one attached hydrogen (secondary N) is 2. The molecule has 7 heteroatoms. The van der Waals surface area contributed by atoms with Gasteiger partial charge in [-0.3, -0.25) is 0 Å². The van der Waals surface area contributed by atoms with Crippen molar-refractivity contribution in [3.63, 3.8) is 0 Å². The fraction of sp³-hybridized carbons (Fsp3) is 0.353. The van der Waals surface area contributed by atoms with Crippen LogP contribution in [0.2, 0.25) is 0 Å². The van der Waals surface area contributed by atoms with Gasteiger partial charge in [0.25, 0.3) is 0 Å². The van der Waals surface area contributed by atoms with Crippen molar-refractivity contribution in [3.05, 3.63) is 41.0 Å². The first-order valence-electron chi connectivity index (χ1n) is 7.63. The molecule has 0 radical (unpaired) electrons. The summed E-state index contributed by atoms with van der Waals surface area (Å²) in [6.07, 6.45) is 1.27. The number of benzene rings is 1. The third kappa shape index (κ3) is 6.16. The third-order valence-electron chi connectivity index (χ3n) is 2.87. The molecule has 128 valence electrons. The maximum atomic E-state index is 11.5. The van der Waals surface area contributed by atoms with Crippen molar-refractivity contribution in [1.82, 2.24) is 15.3 Å². The molecule has 1 amide bonds. The molecule has 0 saturated heterocycles. The van der Waals surface area contributed by atoms with Crippen LogP contribution in [0.4, 0.5) is 10.7 Å². The minimum atomic E-state index is -0.500. The summed E-state index contributed by atoms with van der Waals surface area (Å²) >= 11 is 3.41. The highest BCUT2D eigenvalue weighted by molar-refractivity contribution is 9.10. The summed E-state index contributed by atoms with van der Waals surface area (Å²) in [4.78, 5) is 20.2. The monoisotopic (exact) mass is 392 g/mol. The number of nitrogens with zero attached hydrogens (tertiary/aromatic N) is 2.